The molecule has 1 saturated heterocycles. The molecular formula is C12H22N2O3. The Balaban J connectivity index is 2.68. The molecule has 2 atom stereocenters. The van der Waals surface area contributed by atoms with Crippen LogP contribution < -0.4 is 5.32 Å². The number of carbonyl (C=O) groups excluding carboxylic acids is 2. The van der Waals surface area contributed by atoms with Gasteiger partial charge in [-0.1, -0.05) is 13.3 Å². The molecule has 17 heavy (non-hydrogen) atoms. The van der Waals surface area contributed by atoms with Crippen LogP contribution in [0.5, 0.6) is 0 Å². The number of nitrogens with one attached hydrogen (secondary N) is 1. The van der Waals surface area contributed by atoms with Crippen LogP contribution in [0.2, 0.25) is 0 Å². The van der Waals surface area contributed by atoms with Gasteiger partial charge in [0.2, 0.25) is 11.8 Å². The van der Waals surface area contributed by atoms with Crippen LogP contribution in [0.25, 0.3) is 0 Å². The molecule has 1 fully saturated rings. The van der Waals surface area contributed by atoms with E-state index in [1.807, 2.05) is 6.92 Å². The van der Waals surface area contributed by atoms with Crippen LogP contribution in [-0.2, 0) is 14.3 Å². The first-order valence-electron chi connectivity index (χ1n) is 6.21. The summed E-state index contributed by atoms with van der Waals surface area (Å²) in [6.07, 6.45) is 2.38. The van der Waals surface area contributed by atoms with Gasteiger partial charge in [0.25, 0.3) is 0 Å². The summed E-state index contributed by atoms with van der Waals surface area (Å²) in [6, 6.07) is -0.710. The topological polar surface area (TPSA) is 58.6 Å². The van der Waals surface area contributed by atoms with Crippen molar-refractivity contribution >= 4 is 11.8 Å². The molecule has 0 aromatic heterocycles. The maximum atomic E-state index is 12.0. The number of hydrogen-bond donors (Lipinski definition) is 1. The van der Waals surface area contributed by atoms with E-state index < -0.39 is 6.04 Å². The Morgan fingerprint density at radius 3 is 2.71 bits per heavy atom. The van der Waals surface area contributed by atoms with E-state index in [4.69, 9.17) is 4.74 Å². The zero-order valence-electron chi connectivity index (χ0n) is 10.9. The van der Waals surface area contributed by atoms with Gasteiger partial charge >= 0.3 is 0 Å². The summed E-state index contributed by atoms with van der Waals surface area (Å²) in [4.78, 5) is 25.6. The van der Waals surface area contributed by atoms with E-state index in [1.165, 1.54) is 0 Å². The van der Waals surface area contributed by atoms with E-state index in [1.54, 1.807) is 18.9 Å². The average Bonchev–Trinajstić information content (AvgIpc) is 2.30. The zero-order valence-corrected chi connectivity index (χ0v) is 10.9. The number of rotatable bonds is 6. The highest BCUT2D eigenvalue weighted by atomic mass is 16.5. The van der Waals surface area contributed by atoms with Gasteiger partial charge in [0.1, 0.15) is 12.1 Å². The first-order valence-corrected chi connectivity index (χ1v) is 6.21. The van der Waals surface area contributed by atoms with Gasteiger partial charge in [-0.05, 0) is 19.8 Å². The minimum atomic E-state index is -0.404. The van der Waals surface area contributed by atoms with E-state index in [9.17, 15) is 9.59 Å². The van der Waals surface area contributed by atoms with E-state index in [2.05, 4.69) is 5.32 Å². The summed E-state index contributed by atoms with van der Waals surface area (Å²) in [5, 5.41) is 2.72. The number of amides is 2. The molecule has 0 bridgehead atoms. The predicted octanol–water partition coefficient (Wildman–Crippen LogP) is 0.539. The molecular weight excluding hydrogens is 220 g/mol. The van der Waals surface area contributed by atoms with Crippen LogP contribution in [0.1, 0.15) is 33.1 Å². The van der Waals surface area contributed by atoms with Gasteiger partial charge in [-0.2, -0.15) is 0 Å². The number of nitrogens with zero attached hydrogens (tertiary/aromatic N) is 1. The Labute approximate surface area is 102 Å². The highest BCUT2D eigenvalue weighted by Crippen LogP contribution is 2.15. The summed E-state index contributed by atoms with van der Waals surface area (Å²) in [7, 11) is 1.64. The van der Waals surface area contributed by atoms with Gasteiger partial charge in [0.15, 0.2) is 0 Å². The first kappa shape index (κ1) is 14.0. The second-order valence-corrected chi connectivity index (χ2v) is 4.41. The molecule has 1 aliphatic rings. The monoisotopic (exact) mass is 242 g/mol. The first-order chi connectivity index (χ1) is 8.11. The van der Waals surface area contributed by atoms with Gasteiger partial charge in [0, 0.05) is 20.3 Å². The molecule has 0 aromatic rings. The third-order valence-electron chi connectivity index (χ3n) is 3.00. The van der Waals surface area contributed by atoms with Crippen molar-refractivity contribution in [3.63, 3.8) is 0 Å². The number of carbonyl (C=O) groups is 2. The number of methoxy groups -OCH3 is 1. The summed E-state index contributed by atoms with van der Waals surface area (Å²) in [6.45, 7) is 4.95. The molecule has 98 valence electrons. The molecule has 1 N–H and O–H groups in total. The van der Waals surface area contributed by atoms with Gasteiger partial charge in [-0.15, -0.1) is 0 Å². The van der Waals surface area contributed by atoms with Crippen molar-refractivity contribution in [2.45, 2.75) is 45.2 Å². The van der Waals surface area contributed by atoms with Crippen LogP contribution in [0, 0.1) is 0 Å². The highest BCUT2D eigenvalue weighted by Gasteiger charge is 2.37. The fourth-order valence-corrected chi connectivity index (χ4v) is 2.12. The molecule has 1 heterocycles. The van der Waals surface area contributed by atoms with E-state index >= 15 is 0 Å². The minimum absolute atomic E-state index is 0.0131. The van der Waals surface area contributed by atoms with Gasteiger partial charge in [0.05, 0.1) is 0 Å². The number of ether oxygens (including phenoxy) is 1. The molecule has 1 rings (SSSR count). The molecule has 5 nitrogen and oxygen atoms in total. The van der Waals surface area contributed by atoms with Crippen molar-refractivity contribution in [1.82, 2.24) is 10.2 Å². The molecule has 2 amide bonds. The zero-order chi connectivity index (χ0) is 12.8. The fraction of sp³-hybridized carbons (Fsp3) is 0.833. The third kappa shape index (κ3) is 3.43. The quantitative estimate of drug-likeness (QED) is 0.692. The van der Waals surface area contributed by atoms with Gasteiger partial charge in [-0.3, -0.25) is 9.59 Å². The lowest BCUT2D eigenvalue weighted by atomic mass is 10.0. The molecule has 0 aliphatic carbocycles. The maximum absolute atomic E-state index is 12.0. The van der Waals surface area contributed by atoms with Crippen LogP contribution in [0.4, 0.5) is 0 Å². The van der Waals surface area contributed by atoms with Gasteiger partial charge < -0.3 is 15.0 Å². The Morgan fingerprint density at radius 2 is 2.12 bits per heavy atom. The smallest absolute Gasteiger partial charge is 0.245 e. The predicted molar refractivity (Wildman–Crippen MR) is 64.5 cm³/mol. The Kier molecular flexibility index (Phi) is 5.41. The molecule has 2 unspecified atom stereocenters. The van der Waals surface area contributed by atoms with Gasteiger partial charge in [-0.25, -0.2) is 0 Å². The van der Waals surface area contributed by atoms with Crippen molar-refractivity contribution < 1.29 is 14.3 Å². The molecule has 0 aromatic carbocycles. The third-order valence-corrected chi connectivity index (χ3v) is 3.00. The Hall–Kier alpha value is -1.10. The van der Waals surface area contributed by atoms with E-state index in [-0.39, 0.29) is 17.9 Å². The molecule has 5 heteroatoms. The number of hydrogen-bond acceptors (Lipinski definition) is 3. The molecule has 0 spiro atoms. The van der Waals surface area contributed by atoms with Crippen molar-refractivity contribution in [1.29, 1.82) is 0 Å². The van der Waals surface area contributed by atoms with Crippen molar-refractivity contribution in [3.05, 3.63) is 0 Å². The van der Waals surface area contributed by atoms with Crippen LogP contribution in [0.3, 0.4) is 0 Å². The lowest BCUT2D eigenvalue weighted by Gasteiger charge is -2.38. The standard InChI is InChI=1S/C12H22N2O3/c1-4-6-10-11(15)13-9(2)12(16)14(10)7-5-8-17-3/h9-10H,4-8H2,1-3H3,(H,13,15). The SMILES string of the molecule is CCCC1C(=O)NC(C)C(=O)N1CCCOC. The lowest BCUT2D eigenvalue weighted by molar-refractivity contribution is -0.149. The Bertz CT molecular complexity index is 281. The summed E-state index contributed by atoms with van der Waals surface area (Å²) in [5.74, 6) is -0.0180. The summed E-state index contributed by atoms with van der Waals surface area (Å²) >= 11 is 0. The minimum Gasteiger partial charge on any atom is -0.385 e. The van der Waals surface area contributed by atoms with Crippen molar-refractivity contribution in [2.24, 2.45) is 0 Å². The normalized spacial score (nSPS) is 25.0. The molecule has 1 aliphatic heterocycles. The highest BCUT2D eigenvalue weighted by molar-refractivity contribution is 5.96. The van der Waals surface area contributed by atoms with Crippen LogP contribution in [-0.4, -0.2) is 49.1 Å². The lowest BCUT2D eigenvalue weighted by Crippen LogP contribution is -2.62. The maximum Gasteiger partial charge on any atom is 0.245 e. The van der Waals surface area contributed by atoms with E-state index in [0.29, 0.717) is 13.2 Å². The van der Waals surface area contributed by atoms with Crippen molar-refractivity contribution in [2.75, 3.05) is 20.3 Å². The Morgan fingerprint density at radius 1 is 1.41 bits per heavy atom. The second-order valence-electron chi connectivity index (χ2n) is 4.41. The average molecular weight is 242 g/mol. The summed E-state index contributed by atoms with van der Waals surface area (Å²) < 4.78 is 4.98. The van der Waals surface area contributed by atoms with E-state index in [0.717, 1.165) is 19.3 Å². The van der Waals surface area contributed by atoms with Crippen molar-refractivity contribution in [3.8, 4) is 0 Å². The fourth-order valence-electron chi connectivity index (χ4n) is 2.12. The molecule has 0 saturated carbocycles. The second kappa shape index (κ2) is 6.59. The number of piperazine rings is 1. The van der Waals surface area contributed by atoms with Crippen LogP contribution in [0.15, 0.2) is 0 Å². The van der Waals surface area contributed by atoms with Crippen LogP contribution >= 0.6 is 0 Å². The summed E-state index contributed by atoms with van der Waals surface area (Å²) in [5.41, 5.74) is 0. The molecule has 0 radical (unpaired) electrons. The largest absolute Gasteiger partial charge is 0.385 e.